The molecule has 0 fully saturated rings. The first-order chi connectivity index (χ1) is 12.5. The molecule has 1 N–H and O–H groups in total. The van der Waals surface area contributed by atoms with Gasteiger partial charge >= 0.3 is 0 Å². The summed E-state index contributed by atoms with van der Waals surface area (Å²) in [4.78, 5) is 31.9. The minimum atomic E-state index is -0.368. The summed E-state index contributed by atoms with van der Waals surface area (Å²) < 4.78 is 6.78. The third-order valence-electron chi connectivity index (χ3n) is 4.57. The van der Waals surface area contributed by atoms with Crippen LogP contribution in [0.4, 0.5) is 0 Å². The van der Waals surface area contributed by atoms with Crippen LogP contribution in [0.15, 0.2) is 32.8 Å². The van der Waals surface area contributed by atoms with Crippen molar-refractivity contribution in [3.63, 3.8) is 0 Å². The average Bonchev–Trinajstić information content (AvgIpc) is 3.34. The summed E-state index contributed by atoms with van der Waals surface area (Å²) in [6, 6.07) is 3.60. The number of thiophene rings is 1. The third-order valence-corrected chi connectivity index (χ3v) is 6.90. The van der Waals surface area contributed by atoms with Gasteiger partial charge < -0.3 is 9.73 Å². The van der Waals surface area contributed by atoms with Gasteiger partial charge in [0.1, 0.15) is 10.6 Å². The van der Waals surface area contributed by atoms with Crippen LogP contribution < -0.4 is 10.9 Å². The van der Waals surface area contributed by atoms with Crippen molar-refractivity contribution in [1.29, 1.82) is 0 Å². The Morgan fingerprint density at radius 3 is 3.12 bits per heavy atom. The first-order valence-electron chi connectivity index (χ1n) is 8.52. The van der Waals surface area contributed by atoms with Gasteiger partial charge in [-0.25, -0.2) is 4.98 Å². The van der Waals surface area contributed by atoms with Gasteiger partial charge in [0.2, 0.25) is 5.91 Å². The van der Waals surface area contributed by atoms with Crippen LogP contribution in [0.1, 0.15) is 29.5 Å². The zero-order chi connectivity index (χ0) is 18.3. The first-order valence-corrected chi connectivity index (χ1v) is 10.2. The summed E-state index contributed by atoms with van der Waals surface area (Å²) in [5.41, 5.74) is 1.17. The molecule has 0 spiro atoms. The van der Waals surface area contributed by atoms with Crippen LogP contribution in [0.3, 0.4) is 0 Å². The molecule has 3 heterocycles. The molecule has 1 aliphatic carbocycles. The van der Waals surface area contributed by atoms with E-state index in [9.17, 15) is 9.59 Å². The molecule has 0 bridgehead atoms. The van der Waals surface area contributed by atoms with Gasteiger partial charge in [-0.05, 0) is 43.9 Å². The van der Waals surface area contributed by atoms with Crippen molar-refractivity contribution >= 4 is 39.2 Å². The number of rotatable bonds is 5. The van der Waals surface area contributed by atoms with Crippen molar-refractivity contribution in [2.45, 2.75) is 43.1 Å². The highest BCUT2D eigenvalue weighted by Gasteiger charge is 2.24. The number of hydrogen-bond donors (Lipinski definition) is 1. The predicted octanol–water partition coefficient (Wildman–Crippen LogP) is 2.87. The number of thioether (sulfide) groups is 1. The van der Waals surface area contributed by atoms with E-state index in [-0.39, 0.29) is 16.7 Å². The number of aryl methyl sites for hydroxylation is 2. The molecule has 1 amide bonds. The molecular formula is C18H19N3O3S2. The van der Waals surface area contributed by atoms with Crippen LogP contribution in [0.2, 0.25) is 0 Å². The fourth-order valence-corrected chi connectivity index (χ4v) is 5.35. The van der Waals surface area contributed by atoms with E-state index in [2.05, 4.69) is 10.3 Å². The lowest BCUT2D eigenvalue weighted by Gasteiger charge is -2.13. The lowest BCUT2D eigenvalue weighted by molar-refractivity contribution is -0.120. The monoisotopic (exact) mass is 389 g/mol. The van der Waals surface area contributed by atoms with Crippen LogP contribution in [0.5, 0.6) is 0 Å². The van der Waals surface area contributed by atoms with E-state index in [1.165, 1.54) is 22.2 Å². The quantitative estimate of drug-likeness (QED) is 0.536. The maximum Gasteiger partial charge on any atom is 0.262 e. The van der Waals surface area contributed by atoms with E-state index < -0.39 is 0 Å². The first kappa shape index (κ1) is 17.4. The molecule has 3 aromatic heterocycles. The van der Waals surface area contributed by atoms with Gasteiger partial charge in [0, 0.05) is 11.9 Å². The van der Waals surface area contributed by atoms with Gasteiger partial charge in [-0.1, -0.05) is 11.8 Å². The average molecular weight is 390 g/mol. The third kappa shape index (κ3) is 3.07. The van der Waals surface area contributed by atoms with Crippen LogP contribution in [0, 0.1) is 0 Å². The van der Waals surface area contributed by atoms with Gasteiger partial charge in [0.15, 0.2) is 5.16 Å². The molecule has 26 heavy (non-hydrogen) atoms. The van der Waals surface area contributed by atoms with Crippen molar-refractivity contribution in [2.75, 3.05) is 0 Å². The molecule has 0 aliphatic heterocycles. The molecule has 0 saturated heterocycles. The molecule has 6 nitrogen and oxygen atoms in total. The second-order valence-electron chi connectivity index (χ2n) is 6.35. The van der Waals surface area contributed by atoms with E-state index in [0.717, 1.165) is 29.5 Å². The minimum absolute atomic E-state index is 0.0138. The lowest BCUT2D eigenvalue weighted by Crippen LogP contribution is -2.31. The highest BCUT2D eigenvalue weighted by molar-refractivity contribution is 8.00. The van der Waals surface area contributed by atoms with Crippen LogP contribution in [-0.4, -0.2) is 20.7 Å². The van der Waals surface area contributed by atoms with E-state index in [0.29, 0.717) is 17.5 Å². The van der Waals surface area contributed by atoms with Gasteiger partial charge in [0.05, 0.1) is 23.4 Å². The van der Waals surface area contributed by atoms with Crippen molar-refractivity contribution in [3.05, 3.63) is 45.0 Å². The lowest BCUT2D eigenvalue weighted by atomic mass is 10.2. The number of carbonyl (C=O) groups is 1. The smallest absolute Gasteiger partial charge is 0.262 e. The van der Waals surface area contributed by atoms with Crippen LogP contribution in [-0.2, 0) is 31.2 Å². The number of furan rings is 1. The number of carbonyl (C=O) groups excluding carboxylic acids is 1. The van der Waals surface area contributed by atoms with Crippen molar-refractivity contribution in [2.24, 2.45) is 7.05 Å². The normalized spacial score (nSPS) is 14.5. The Balaban J connectivity index is 1.54. The summed E-state index contributed by atoms with van der Waals surface area (Å²) in [7, 11) is 1.73. The Kier molecular flexibility index (Phi) is 4.62. The van der Waals surface area contributed by atoms with Gasteiger partial charge in [-0.2, -0.15) is 0 Å². The SMILES string of the molecule is C[C@H](Sc1nc2sc3c(c2c(=O)n1C)CCC3)C(=O)NCc1ccco1. The standard InChI is InChI=1S/C18H19N3O3S2/c1-10(15(22)19-9-11-5-4-8-24-11)25-18-20-16-14(17(23)21(18)2)12-6-3-7-13(12)26-16/h4-5,8,10H,3,6-7,9H2,1-2H3,(H,19,22)/t10-/m0/s1. The summed E-state index contributed by atoms with van der Waals surface area (Å²) in [6.45, 7) is 2.16. The van der Waals surface area contributed by atoms with E-state index in [4.69, 9.17) is 4.42 Å². The van der Waals surface area contributed by atoms with Crippen molar-refractivity contribution in [3.8, 4) is 0 Å². The number of nitrogens with zero attached hydrogens (tertiary/aromatic N) is 2. The van der Waals surface area contributed by atoms with Gasteiger partial charge in [-0.3, -0.25) is 14.2 Å². The number of fused-ring (bicyclic) bond motifs is 3. The van der Waals surface area contributed by atoms with Crippen LogP contribution >= 0.6 is 23.1 Å². The molecule has 0 unspecified atom stereocenters. The molecule has 0 aromatic carbocycles. The Labute approximate surface area is 158 Å². The molecule has 0 saturated carbocycles. The predicted molar refractivity (Wildman–Crippen MR) is 103 cm³/mol. The number of nitrogens with one attached hydrogen (secondary N) is 1. The Morgan fingerprint density at radius 2 is 2.35 bits per heavy atom. The number of aromatic nitrogens is 2. The van der Waals surface area contributed by atoms with Crippen LogP contribution in [0.25, 0.3) is 10.2 Å². The molecule has 3 aromatic rings. The second kappa shape index (κ2) is 6.92. The van der Waals surface area contributed by atoms with Crippen molar-refractivity contribution in [1.82, 2.24) is 14.9 Å². The topological polar surface area (TPSA) is 77.1 Å². The van der Waals surface area contributed by atoms with Gasteiger partial charge in [-0.15, -0.1) is 11.3 Å². The molecule has 1 aliphatic rings. The molecule has 136 valence electrons. The zero-order valence-corrected chi connectivity index (χ0v) is 16.2. The Bertz CT molecular complexity index is 1020. The summed E-state index contributed by atoms with van der Waals surface area (Å²) in [5.74, 6) is 0.588. The van der Waals surface area contributed by atoms with E-state index in [1.807, 2.05) is 13.0 Å². The summed E-state index contributed by atoms with van der Waals surface area (Å²) >= 11 is 2.92. The van der Waals surface area contributed by atoms with Gasteiger partial charge in [0.25, 0.3) is 5.56 Å². The van der Waals surface area contributed by atoms with E-state index in [1.54, 1.807) is 35.3 Å². The Morgan fingerprint density at radius 1 is 1.50 bits per heavy atom. The highest BCUT2D eigenvalue weighted by Crippen LogP contribution is 2.35. The number of hydrogen-bond acceptors (Lipinski definition) is 6. The van der Waals surface area contributed by atoms with Crippen molar-refractivity contribution < 1.29 is 9.21 Å². The molecule has 8 heteroatoms. The number of amides is 1. The molecular weight excluding hydrogens is 370 g/mol. The molecule has 4 rings (SSSR count). The minimum Gasteiger partial charge on any atom is -0.467 e. The summed E-state index contributed by atoms with van der Waals surface area (Å²) in [5, 5.41) is 3.81. The molecule has 0 radical (unpaired) electrons. The summed E-state index contributed by atoms with van der Waals surface area (Å²) in [6.07, 6.45) is 4.69. The fourth-order valence-electron chi connectivity index (χ4n) is 3.15. The highest BCUT2D eigenvalue weighted by atomic mass is 32.2. The largest absolute Gasteiger partial charge is 0.467 e. The molecule has 1 atom stereocenters. The Hall–Kier alpha value is -2.06. The maximum absolute atomic E-state index is 12.8. The zero-order valence-electron chi connectivity index (χ0n) is 14.6. The fraction of sp³-hybridized carbons (Fsp3) is 0.389. The van der Waals surface area contributed by atoms with E-state index >= 15 is 0 Å². The second-order valence-corrected chi connectivity index (χ2v) is 8.74. The maximum atomic E-state index is 12.8.